The van der Waals surface area contributed by atoms with Crippen LogP contribution in [0.1, 0.15) is 6.42 Å². The lowest BCUT2D eigenvalue weighted by Crippen LogP contribution is -2.23. The molecule has 0 aromatic carbocycles. The van der Waals surface area contributed by atoms with Crippen LogP contribution in [0.4, 0.5) is 0 Å². The van der Waals surface area contributed by atoms with E-state index in [1.165, 1.54) is 0 Å². The summed E-state index contributed by atoms with van der Waals surface area (Å²) in [6.07, 6.45) is 5.54. The molecule has 5 nitrogen and oxygen atoms in total. The van der Waals surface area contributed by atoms with Gasteiger partial charge in [0.2, 0.25) is 6.29 Å². The van der Waals surface area contributed by atoms with Crippen molar-refractivity contribution in [3.05, 3.63) is 12.4 Å². The molecule has 1 rings (SSSR count). The molecule has 1 radical (unpaired) electrons. The third-order valence-electron chi connectivity index (χ3n) is 1.29. The third kappa shape index (κ3) is 2.46. The molecule has 1 unspecified atom stereocenters. The molecule has 0 aliphatic rings. The molecule has 0 fully saturated rings. The highest BCUT2D eigenvalue weighted by Crippen LogP contribution is 1.89. The lowest BCUT2D eigenvalue weighted by atomic mass is 10.2. The second kappa shape index (κ2) is 3.82. The number of nitrogens with two attached hydrogens (primary N) is 1. The first-order chi connectivity index (χ1) is 5.33. The van der Waals surface area contributed by atoms with Crippen molar-refractivity contribution in [3.63, 3.8) is 0 Å². The molecule has 59 valence electrons. The van der Waals surface area contributed by atoms with Crippen molar-refractivity contribution in [1.82, 2.24) is 15.0 Å². The molecular weight excluding hydrogens is 144 g/mol. The summed E-state index contributed by atoms with van der Waals surface area (Å²) in [6, 6.07) is -0.515. The number of aryl methyl sites for hydroxylation is 1. The highest BCUT2D eigenvalue weighted by atomic mass is 16.1. The number of hydrogen-bond acceptors (Lipinski definition) is 4. The minimum atomic E-state index is -0.515. The quantitative estimate of drug-likeness (QED) is 0.608. The molecular formula is C6H9N4O. The van der Waals surface area contributed by atoms with E-state index < -0.39 is 6.04 Å². The zero-order valence-corrected chi connectivity index (χ0v) is 5.97. The van der Waals surface area contributed by atoms with Crippen LogP contribution >= 0.6 is 0 Å². The minimum Gasteiger partial charge on any atom is -0.321 e. The first kappa shape index (κ1) is 7.87. The molecule has 0 amide bonds. The van der Waals surface area contributed by atoms with Gasteiger partial charge in [0.1, 0.15) is 0 Å². The summed E-state index contributed by atoms with van der Waals surface area (Å²) in [5.74, 6) is 0. The number of hydrogen-bond donors (Lipinski definition) is 1. The number of aromatic nitrogens is 3. The third-order valence-corrected chi connectivity index (χ3v) is 1.29. The Morgan fingerprint density at radius 2 is 2.55 bits per heavy atom. The first-order valence-corrected chi connectivity index (χ1v) is 3.30. The Hall–Kier alpha value is -1.23. The monoisotopic (exact) mass is 153 g/mol. The largest absolute Gasteiger partial charge is 0.321 e. The van der Waals surface area contributed by atoms with Gasteiger partial charge in [-0.05, 0) is 6.42 Å². The van der Waals surface area contributed by atoms with Crippen LogP contribution in [0.2, 0.25) is 0 Å². The summed E-state index contributed by atoms with van der Waals surface area (Å²) in [5, 5.41) is 7.30. The van der Waals surface area contributed by atoms with E-state index in [2.05, 4.69) is 10.3 Å². The van der Waals surface area contributed by atoms with E-state index in [1.54, 1.807) is 23.4 Å². The molecule has 0 aliphatic carbocycles. The molecule has 5 heteroatoms. The van der Waals surface area contributed by atoms with E-state index >= 15 is 0 Å². The van der Waals surface area contributed by atoms with E-state index in [4.69, 9.17) is 5.73 Å². The average Bonchev–Trinajstić information content (AvgIpc) is 2.52. The summed E-state index contributed by atoms with van der Waals surface area (Å²) >= 11 is 0. The summed E-state index contributed by atoms with van der Waals surface area (Å²) < 4.78 is 1.62. The summed E-state index contributed by atoms with van der Waals surface area (Å²) in [4.78, 5) is 9.97. The Kier molecular flexibility index (Phi) is 2.74. The van der Waals surface area contributed by atoms with Crippen LogP contribution in [-0.2, 0) is 11.3 Å². The molecule has 1 aromatic heterocycles. The molecule has 0 aliphatic heterocycles. The fourth-order valence-electron chi connectivity index (χ4n) is 0.682. The molecule has 0 saturated heterocycles. The summed E-state index contributed by atoms with van der Waals surface area (Å²) in [6.45, 7) is 0.608. The van der Waals surface area contributed by atoms with Crippen LogP contribution in [0.25, 0.3) is 0 Å². The standard InChI is InChI=1S/C6H9N4O/c7-6(5-11)1-3-10-4-2-8-9-10/h2,4,6H,1,3,7H2. The number of carbonyl (C=O) groups excluding carboxylic acids is 1. The fourth-order valence-corrected chi connectivity index (χ4v) is 0.682. The molecule has 1 atom stereocenters. The normalized spacial score (nSPS) is 12.8. The Bertz CT molecular complexity index is 208. The molecule has 0 spiro atoms. The maximum atomic E-state index is 9.97. The predicted molar refractivity (Wildman–Crippen MR) is 38.3 cm³/mol. The van der Waals surface area contributed by atoms with Gasteiger partial charge in [-0.15, -0.1) is 5.10 Å². The van der Waals surface area contributed by atoms with Gasteiger partial charge in [0.25, 0.3) is 0 Å². The SMILES string of the molecule is NC([C]=O)CCn1ccnn1. The van der Waals surface area contributed by atoms with Gasteiger partial charge in [0.15, 0.2) is 0 Å². The molecule has 0 saturated carbocycles. The first-order valence-electron chi connectivity index (χ1n) is 3.30. The van der Waals surface area contributed by atoms with E-state index in [0.717, 1.165) is 0 Å². The van der Waals surface area contributed by atoms with Gasteiger partial charge in [-0.25, -0.2) is 0 Å². The lowest BCUT2D eigenvalue weighted by molar-refractivity contribution is 0.506. The Morgan fingerprint density at radius 3 is 3.09 bits per heavy atom. The van der Waals surface area contributed by atoms with Gasteiger partial charge in [0.05, 0.1) is 12.2 Å². The average molecular weight is 153 g/mol. The van der Waals surface area contributed by atoms with Gasteiger partial charge in [-0.3, -0.25) is 9.48 Å². The molecule has 1 heterocycles. The smallest absolute Gasteiger partial charge is 0.216 e. The predicted octanol–water partition coefficient (Wildman–Crippen LogP) is -0.895. The maximum absolute atomic E-state index is 9.97. The molecule has 2 N–H and O–H groups in total. The van der Waals surface area contributed by atoms with E-state index in [9.17, 15) is 4.79 Å². The Labute approximate surface area is 64.2 Å². The molecule has 11 heavy (non-hydrogen) atoms. The van der Waals surface area contributed by atoms with Crippen LogP contribution in [0.5, 0.6) is 0 Å². The topological polar surface area (TPSA) is 73.8 Å². The van der Waals surface area contributed by atoms with Gasteiger partial charge in [-0.2, -0.15) is 0 Å². The van der Waals surface area contributed by atoms with Crippen LogP contribution in [0.15, 0.2) is 12.4 Å². The number of nitrogens with zero attached hydrogens (tertiary/aromatic N) is 3. The van der Waals surface area contributed by atoms with Crippen molar-refractivity contribution >= 4 is 6.29 Å². The minimum absolute atomic E-state index is 0.515. The van der Waals surface area contributed by atoms with E-state index in [0.29, 0.717) is 13.0 Å². The lowest BCUT2D eigenvalue weighted by Gasteiger charge is -2.00. The molecule has 1 aromatic rings. The van der Waals surface area contributed by atoms with Crippen LogP contribution in [-0.4, -0.2) is 27.3 Å². The Balaban J connectivity index is 2.28. The zero-order valence-electron chi connectivity index (χ0n) is 5.97. The van der Waals surface area contributed by atoms with Crippen LogP contribution in [0.3, 0.4) is 0 Å². The van der Waals surface area contributed by atoms with Crippen molar-refractivity contribution in [2.45, 2.75) is 19.0 Å². The van der Waals surface area contributed by atoms with Crippen molar-refractivity contribution in [1.29, 1.82) is 0 Å². The van der Waals surface area contributed by atoms with Crippen molar-refractivity contribution in [2.75, 3.05) is 0 Å². The Morgan fingerprint density at radius 1 is 1.73 bits per heavy atom. The maximum Gasteiger partial charge on any atom is 0.216 e. The summed E-state index contributed by atoms with van der Waals surface area (Å²) in [5.41, 5.74) is 5.30. The second-order valence-electron chi connectivity index (χ2n) is 2.18. The van der Waals surface area contributed by atoms with Crippen molar-refractivity contribution in [3.8, 4) is 0 Å². The van der Waals surface area contributed by atoms with Crippen LogP contribution < -0.4 is 5.73 Å². The van der Waals surface area contributed by atoms with Gasteiger partial charge in [-0.1, -0.05) is 5.21 Å². The van der Waals surface area contributed by atoms with Crippen molar-refractivity contribution < 1.29 is 4.79 Å². The fraction of sp³-hybridized carbons (Fsp3) is 0.500. The van der Waals surface area contributed by atoms with Crippen LogP contribution in [0, 0.1) is 0 Å². The van der Waals surface area contributed by atoms with E-state index in [1.807, 2.05) is 0 Å². The number of rotatable bonds is 4. The highest BCUT2D eigenvalue weighted by Gasteiger charge is 2.00. The van der Waals surface area contributed by atoms with Gasteiger partial charge in [0, 0.05) is 12.7 Å². The van der Waals surface area contributed by atoms with Crippen molar-refractivity contribution in [2.24, 2.45) is 5.73 Å². The van der Waals surface area contributed by atoms with Gasteiger partial charge < -0.3 is 5.73 Å². The van der Waals surface area contributed by atoms with E-state index in [-0.39, 0.29) is 0 Å². The zero-order chi connectivity index (χ0) is 8.10. The molecule has 0 bridgehead atoms. The summed E-state index contributed by atoms with van der Waals surface area (Å²) in [7, 11) is 0. The second-order valence-corrected chi connectivity index (χ2v) is 2.18. The van der Waals surface area contributed by atoms with Gasteiger partial charge >= 0.3 is 0 Å². The highest BCUT2D eigenvalue weighted by molar-refractivity contribution is 5.57.